The topological polar surface area (TPSA) is 58.7 Å². The standard InChI is InChI=1S/C20H18FN3OS/c1-11-17(19(25)24(2)20(22)23-11)14-8-13-6-7-26-18(13)16(10-14)12-4-3-5-15(21)9-12/h3-11,17H,1-2H3,(H2,22,23)/t11-,17?/m0/s1. The lowest BCUT2D eigenvalue weighted by atomic mass is 9.87. The number of fused-ring (bicyclic) bond motifs is 1. The van der Waals surface area contributed by atoms with Gasteiger partial charge in [0.05, 0.1) is 12.0 Å². The lowest BCUT2D eigenvalue weighted by Crippen LogP contribution is -2.48. The first-order valence-corrected chi connectivity index (χ1v) is 9.21. The minimum atomic E-state index is -0.413. The molecular weight excluding hydrogens is 349 g/mol. The average Bonchev–Trinajstić information content (AvgIpc) is 3.07. The van der Waals surface area contributed by atoms with Gasteiger partial charge in [-0.05, 0) is 64.7 Å². The van der Waals surface area contributed by atoms with E-state index in [0.29, 0.717) is 0 Å². The van der Waals surface area contributed by atoms with Crippen molar-refractivity contribution in [1.29, 1.82) is 0 Å². The molecular formula is C20H18FN3OS. The highest BCUT2D eigenvalue weighted by Crippen LogP contribution is 2.38. The van der Waals surface area contributed by atoms with Crippen molar-refractivity contribution in [2.24, 2.45) is 10.7 Å². The number of hydrogen-bond acceptors (Lipinski definition) is 4. The van der Waals surface area contributed by atoms with Crippen molar-refractivity contribution in [3.05, 3.63) is 59.2 Å². The molecule has 2 atom stereocenters. The van der Waals surface area contributed by atoms with Crippen molar-refractivity contribution in [3.63, 3.8) is 0 Å². The van der Waals surface area contributed by atoms with Crippen LogP contribution in [0.1, 0.15) is 18.4 Å². The predicted octanol–water partition coefficient (Wildman–Crippen LogP) is 3.97. The molecule has 6 heteroatoms. The lowest BCUT2D eigenvalue weighted by molar-refractivity contribution is -0.129. The first-order valence-electron chi connectivity index (χ1n) is 8.33. The molecule has 1 aliphatic heterocycles. The van der Waals surface area contributed by atoms with Gasteiger partial charge >= 0.3 is 0 Å². The maximum absolute atomic E-state index is 13.8. The summed E-state index contributed by atoms with van der Waals surface area (Å²) in [4.78, 5) is 18.6. The third-order valence-corrected chi connectivity index (χ3v) is 5.79. The van der Waals surface area contributed by atoms with Gasteiger partial charge in [-0.3, -0.25) is 9.69 Å². The van der Waals surface area contributed by atoms with Crippen LogP contribution in [0.25, 0.3) is 21.2 Å². The molecule has 0 aliphatic carbocycles. The summed E-state index contributed by atoms with van der Waals surface area (Å²) < 4.78 is 14.8. The zero-order valence-electron chi connectivity index (χ0n) is 14.4. The molecule has 4 rings (SSSR count). The van der Waals surface area contributed by atoms with E-state index < -0.39 is 5.92 Å². The number of guanidine groups is 1. The zero-order chi connectivity index (χ0) is 18.4. The Morgan fingerprint density at radius 1 is 1.23 bits per heavy atom. The third kappa shape index (κ3) is 2.66. The minimum absolute atomic E-state index is 0.0789. The van der Waals surface area contributed by atoms with E-state index in [0.717, 1.165) is 26.8 Å². The van der Waals surface area contributed by atoms with E-state index in [1.807, 2.05) is 36.6 Å². The van der Waals surface area contributed by atoms with E-state index in [9.17, 15) is 9.18 Å². The SMILES string of the molecule is C[C@@H]1N=C(N)N(C)C(=O)C1c1cc(-c2cccc(F)c2)c2sccc2c1. The van der Waals surface area contributed by atoms with E-state index in [1.54, 1.807) is 24.5 Å². The summed E-state index contributed by atoms with van der Waals surface area (Å²) in [6.45, 7) is 1.89. The molecule has 132 valence electrons. The Labute approximate surface area is 154 Å². The summed E-state index contributed by atoms with van der Waals surface area (Å²) in [6, 6.07) is 12.3. The zero-order valence-corrected chi connectivity index (χ0v) is 15.3. The number of likely N-dealkylation sites (N-methyl/N-ethyl adjacent to an activating group) is 1. The number of benzene rings is 2. The molecule has 2 heterocycles. The van der Waals surface area contributed by atoms with Crippen molar-refractivity contribution in [3.8, 4) is 11.1 Å². The van der Waals surface area contributed by atoms with Gasteiger partial charge in [-0.15, -0.1) is 11.3 Å². The van der Waals surface area contributed by atoms with Gasteiger partial charge in [0, 0.05) is 11.7 Å². The molecule has 0 spiro atoms. The molecule has 0 fully saturated rings. The minimum Gasteiger partial charge on any atom is -0.369 e. The fourth-order valence-electron chi connectivity index (χ4n) is 3.47. The molecule has 0 radical (unpaired) electrons. The van der Waals surface area contributed by atoms with Crippen molar-refractivity contribution in [1.82, 2.24) is 4.90 Å². The van der Waals surface area contributed by atoms with Gasteiger partial charge in [-0.2, -0.15) is 0 Å². The van der Waals surface area contributed by atoms with Gasteiger partial charge in [0.2, 0.25) is 5.91 Å². The molecule has 2 N–H and O–H groups in total. The van der Waals surface area contributed by atoms with Gasteiger partial charge in [-0.1, -0.05) is 12.1 Å². The molecule has 1 aromatic heterocycles. The second-order valence-electron chi connectivity index (χ2n) is 6.52. The highest BCUT2D eigenvalue weighted by Gasteiger charge is 2.35. The Morgan fingerprint density at radius 2 is 2.04 bits per heavy atom. The number of thiophene rings is 1. The van der Waals surface area contributed by atoms with Gasteiger partial charge in [0.15, 0.2) is 5.96 Å². The number of aliphatic imine (C=N–C) groups is 1. The lowest BCUT2D eigenvalue weighted by Gasteiger charge is -2.31. The number of nitrogens with two attached hydrogens (primary N) is 1. The summed E-state index contributed by atoms with van der Waals surface area (Å²) in [5, 5.41) is 3.04. The molecule has 0 bridgehead atoms. The van der Waals surface area contributed by atoms with E-state index in [4.69, 9.17) is 5.73 Å². The van der Waals surface area contributed by atoms with Crippen LogP contribution >= 0.6 is 11.3 Å². The van der Waals surface area contributed by atoms with E-state index in [2.05, 4.69) is 4.99 Å². The van der Waals surface area contributed by atoms with Crippen LogP contribution < -0.4 is 5.73 Å². The molecule has 26 heavy (non-hydrogen) atoms. The Balaban J connectivity index is 1.91. The normalized spacial score (nSPS) is 20.5. The van der Waals surface area contributed by atoms with Crippen molar-refractivity contribution < 1.29 is 9.18 Å². The molecule has 3 aromatic rings. The molecule has 1 unspecified atom stereocenters. The maximum atomic E-state index is 13.8. The van der Waals surface area contributed by atoms with Crippen molar-refractivity contribution >= 4 is 33.3 Å². The Morgan fingerprint density at radius 3 is 2.81 bits per heavy atom. The van der Waals surface area contributed by atoms with Gasteiger partial charge in [0.25, 0.3) is 0 Å². The fourth-order valence-corrected chi connectivity index (χ4v) is 4.39. The molecule has 0 saturated heterocycles. The predicted molar refractivity (Wildman–Crippen MR) is 104 cm³/mol. The van der Waals surface area contributed by atoms with Crippen LogP contribution in [-0.2, 0) is 4.79 Å². The van der Waals surface area contributed by atoms with Gasteiger partial charge < -0.3 is 5.73 Å². The Kier molecular flexibility index (Phi) is 4.00. The molecule has 1 aliphatic rings. The van der Waals surface area contributed by atoms with E-state index >= 15 is 0 Å². The number of amides is 1. The second kappa shape index (κ2) is 6.21. The van der Waals surface area contributed by atoms with E-state index in [1.165, 1.54) is 17.0 Å². The second-order valence-corrected chi connectivity index (χ2v) is 7.44. The van der Waals surface area contributed by atoms with E-state index in [-0.39, 0.29) is 23.7 Å². The Hall–Kier alpha value is -2.73. The first kappa shape index (κ1) is 16.7. The van der Waals surface area contributed by atoms with Crippen LogP contribution in [0.5, 0.6) is 0 Å². The number of nitrogens with zero attached hydrogens (tertiary/aromatic N) is 2. The number of carbonyl (C=O) groups excluding carboxylic acids is 1. The van der Waals surface area contributed by atoms with Crippen molar-refractivity contribution in [2.75, 3.05) is 7.05 Å². The number of halogens is 1. The van der Waals surface area contributed by atoms with Crippen LogP contribution in [0, 0.1) is 5.82 Å². The summed E-state index contributed by atoms with van der Waals surface area (Å²) in [6.07, 6.45) is 0. The van der Waals surface area contributed by atoms with Crippen LogP contribution in [0.15, 0.2) is 52.8 Å². The first-order chi connectivity index (χ1) is 12.5. The highest BCUT2D eigenvalue weighted by molar-refractivity contribution is 7.17. The van der Waals surface area contributed by atoms with Crippen LogP contribution in [0.4, 0.5) is 4.39 Å². The largest absolute Gasteiger partial charge is 0.369 e. The van der Waals surface area contributed by atoms with Crippen molar-refractivity contribution in [2.45, 2.75) is 18.9 Å². The fraction of sp³-hybridized carbons (Fsp3) is 0.200. The van der Waals surface area contributed by atoms with Gasteiger partial charge in [-0.25, -0.2) is 9.38 Å². The van der Waals surface area contributed by atoms with Crippen LogP contribution in [0.3, 0.4) is 0 Å². The molecule has 1 amide bonds. The average molecular weight is 367 g/mol. The molecule has 4 nitrogen and oxygen atoms in total. The summed E-state index contributed by atoms with van der Waals surface area (Å²) in [5.74, 6) is -0.536. The molecule has 0 saturated carbocycles. The highest BCUT2D eigenvalue weighted by atomic mass is 32.1. The number of rotatable bonds is 2. The number of carbonyl (C=O) groups is 1. The monoisotopic (exact) mass is 367 g/mol. The quantitative estimate of drug-likeness (QED) is 0.745. The van der Waals surface area contributed by atoms with Crippen LogP contribution in [0.2, 0.25) is 0 Å². The molecule has 2 aromatic carbocycles. The third-order valence-electron chi connectivity index (χ3n) is 4.83. The van der Waals surface area contributed by atoms with Crippen LogP contribution in [-0.4, -0.2) is 29.9 Å². The summed E-state index contributed by atoms with van der Waals surface area (Å²) >= 11 is 1.61. The summed E-state index contributed by atoms with van der Waals surface area (Å²) in [5.41, 5.74) is 8.42. The maximum Gasteiger partial charge on any atom is 0.238 e. The summed E-state index contributed by atoms with van der Waals surface area (Å²) in [7, 11) is 1.64. The number of hydrogen-bond donors (Lipinski definition) is 1. The van der Waals surface area contributed by atoms with Gasteiger partial charge in [0.1, 0.15) is 5.82 Å². The Bertz CT molecular complexity index is 1040. The smallest absolute Gasteiger partial charge is 0.238 e.